The van der Waals surface area contributed by atoms with Crippen molar-refractivity contribution in [1.82, 2.24) is 0 Å². The molecular weight excluding hydrogens is 200 g/mol. The highest BCUT2D eigenvalue weighted by Crippen LogP contribution is 2.62. The van der Waals surface area contributed by atoms with Crippen LogP contribution in [0, 0.1) is 22.7 Å². The van der Waals surface area contributed by atoms with Crippen molar-refractivity contribution in [2.75, 3.05) is 0 Å². The van der Waals surface area contributed by atoms with Crippen LogP contribution >= 0.6 is 0 Å². The highest BCUT2D eigenvalue weighted by Gasteiger charge is 2.53. The normalized spacial score (nSPS) is 31.6. The van der Waals surface area contributed by atoms with Gasteiger partial charge in [-0.2, -0.15) is 0 Å². The molecule has 0 aromatic rings. The maximum atomic E-state index is 10.9. The first-order valence-electron chi connectivity index (χ1n) is 6.17. The molecule has 0 aliphatic heterocycles. The number of hydrogen-bond donors (Lipinski definition) is 1. The molecule has 0 aromatic carbocycles. The van der Waals surface area contributed by atoms with Crippen molar-refractivity contribution in [3.8, 4) is 0 Å². The summed E-state index contributed by atoms with van der Waals surface area (Å²) in [6.45, 7) is 8.80. The van der Waals surface area contributed by atoms with Crippen molar-refractivity contribution in [1.29, 1.82) is 0 Å². The molecule has 3 aliphatic carbocycles. The number of carboxylic acids is 1. The van der Waals surface area contributed by atoms with Gasteiger partial charge in [-0.25, -0.2) is 0 Å². The van der Waals surface area contributed by atoms with Crippen LogP contribution in [0.3, 0.4) is 0 Å². The van der Waals surface area contributed by atoms with Crippen LogP contribution in [0.4, 0.5) is 0 Å². The molecule has 90 valence electrons. The fraction of sp³-hybridized carbons (Fsp3) is 0.786. The van der Waals surface area contributed by atoms with Gasteiger partial charge in [-0.1, -0.05) is 39.3 Å². The zero-order chi connectivity index (χ0) is 12.1. The average molecular weight is 222 g/mol. The van der Waals surface area contributed by atoms with Crippen molar-refractivity contribution in [3.63, 3.8) is 0 Å². The summed E-state index contributed by atoms with van der Waals surface area (Å²) >= 11 is 0. The Morgan fingerprint density at radius 2 is 2.19 bits per heavy atom. The van der Waals surface area contributed by atoms with Crippen LogP contribution in [0.2, 0.25) is 0 Å². The van der Waals surface area contributed by atoms with Gasteiger partial charge in [0, 0.05) is 0 Å². The summed E-state index contributed by atoms with van der Waals surface area (Å²) in [5.41, 5.74) is 1.60. The molecule has 2 bridgehead atoms. The summed E-state index contributed by atoms with van der Waals surface area (Å²) in [6.07, 6.45) is 4.97. The van der Waals surface area contributed by atoms with Crippen molar-refractivity contribution < 1.29 is 9.90 Å². The molecule has 16 heavy (non-hydrogen) atoms. The van der Waals surface area contributed by atoms with Crippen LogP contribution in [-0.4, -0.2) is 11.1 Å². The highest BCUT2D eigenvalue weighted by molar-refractivity contribution is 5.68. The van der Waals surface area contributed by atoms with Crippen LogP contribution in [-0.2, 0) is 4.79 Å². The van der Waals surface area contributed by atoms with Gasteiger partial charge in [0.25, 0.3) is 0 Å². The fourth-order valence-corrected chi connectivity index (χ4v) is 3.58. The lowest BCUT2D eigenvalue weighted by Gasteiger charge is -2.59. The first-order chi connectivity index (χ1) is 7.25. The lowest BCUT2D eigenvalue weighted by molar-refractivity contribution is -0.139. The smallest absolute Gasteiger partial charge is 0.304 e. The fourth-order valence-electron chi connectivity index (χ4n) is 3.58. The SMILES string of the molecule is CC(C)(CC(=O)O)C1=CCC2CC1C2(C)C. The van der Waals surface area contributed by atoms with Crippen LogP contribution in [0.5, 0.6) is 0 Å². The van der Waals surface area contributed by atoms with E-state index in [1.54, 1.807) is 0 Å². The number of aliphatic carboxylic acids is 1. The van der Waals surface area contributed by atoms with E-state index in [2.05, 4.69) is 33.8 Å². The quantitative estimate of drug-likeness (QED) is 0.742. The molecular formula is C14H22O2. The molecule has 1 fully saturated rings. The molecule has 3 aliphatic rings. The molecule has 0 saturated heterocycles. The standard InChI is InChI=1S/C14H22O2/c1-13(2,8-12(15)16)10-6-5-9-7-11(10)14(9,3)4/h6,9,11H,5,7-8H2,1-4H3,(H,15,16). The van der Waals surface area contributed by atoms with Gasteiger partial charge in [-0.15, -0.1) is 0 Å². The van der Waals surface area contributed by atoms with E-state index in [4.69, 9.17) is 5.11 Å². The summed E-state index contributed by atoms with van der Waals surface area (Å²) in [6, 6.07) is 0. The lowest BCUT2D eigenvalue weighted by Crippen LogP contribution is -2.50. The summed E-state index contributed by atoms with van der Waals surface area (Å²) in [4.78, 5) is 10.9. The van der Waals surface area contributed by atoms with Gasteiger partial charge in [-0.3, -0.25) is 4.79 Å². The molecule has 2 atom stereocenters. The minimum atomic E-state index is -0.690. The zero-order valence-corrected chi connectivity index (χ0v) is 10.7. The van der Waals surface area contributed by atoms with Gasteiger partial charge in [0.2, 0.25) is 0 Å². The van der Waals surface area contributed by atoms with E-state index in [0.29, 0.717) is 11.3 Å². The molecule has 0 radical (unpaired) electrons. The molecule has 2 heteroatoms. The predicted molar refractivity (Wildman–Crippen MR) is 64.1 cm³/mol. The van der Waals surface area contributed by atoms with Gasteiger partial charge in [0.15, 0.2) is 0 Å². The van der Waals surface area contributed by atoms with Crippen molar-refractivity contribution >= 4 is 5.97 Å². The molecule has 2 nitrogen and oxygen atoms in total. The maximum absolute atomic E-state index is 10.9. The summed E-state index contributed by atoms with van der Waals surface area (Å²) < 4.78 is 0. The van der Waals surface area contributed by atoms with E-state index in [1.807, 2.05) is 0 Å². The van der Waals surface area contributed by atoms with E-state index in [0.717, 1.165) is 12.3 Å². The number of carboxylic acid groups (broad SMARTS) is 1. The molecule has 0 spiro atoms. The summed E-state index contributed by atoms with van der Waals surface area (Å²) in [5, 5.41) is 8.98. The Morgan fingerprint density at radius 1 is 1.56 bits per heavy atom. The average Bonchev–Trinajstić information content (AvgIpc) is 2.15. The largest absolute Gasteiger partial charge is 0.481 e. The van der Waals surface area contributed by atoms with Gasteiger partial charge in [0.1, 0.15) is 0 Å². The van der Waals surface area contributed by atoms with E-state index in [1.165, 1.54) is 12.0 Å². The Balaban J connectivity index is 2.22. The Labute approximate surface area is 97.7 Å². The van der Waals surface area contributed by atoms with Crippen molar-refractivity contribution in [3.05, 3.63) is 11.6 Å². The number of hydrogen-bond acceptors (Lipinski definition) is 1. The third kappa shape index (κ3) is 1.59. The van der Waals surface area contributed by atoms with E-state index < -0.39 is 5.97 Å². The number of carbonyl (C=O) groups is 1. The monoisotopic (exact) mass is 222 g/mol. The van der Waals surface area contributed by atoms with E-state index in [9.17, 15) is 4.79 Å². The Bertz CT molecular complexity index is 350. The Kier molecular flexibility index (Phi) is 2.45. The second-order valence-corrected chi connectivity index (χ2v) is 6.66. The minimum absolute atomic E-state index is 0.181. The lowest BCUT2D eigenvalue weighted by atomic mass is 9.46. The van der Waals surface area contributed by atoms with Crippen LogP contribution < -0.4 is 0 Å². The summed E-state index contributed by atoms with van der Waals surface area (Å²) in [7, 11) is 0. The Morgan fingerprint density at radius 3 is 2.62 bits per heavy atom. The second-order valence-electron chi connectivity index (χ2n) is 6.66. The minimum Gasteiger partial charge on any atom is -0.481 e. The predicted octanol–water partition coefficient (Wildman–Crippen LogP) is 3.48. The van der Waals surface area contributed by atoms with Gasteiger partial charge in [0.05, 0.1) is 6.42 Å². The maximum Gasteiger partial charge on any atom is 0.304 e. The van der Waals surface area contributed by atoms with Crippen molar-refractivity contribution in [2.24, 2.45) is 22.7 Å². The van der Waals surface area contributed by atoms with Gasteiger partial charge >= 0.3 is 5.97 Å². The highest BCUT2D eigenvalue weighted by atomic mass is 16.4. The first kappa shape index (κ1) is 11.7. The van der Waals surface area contributed by atoms with Crippen molar-refractivity contribution in [2.45, 2.75) is 47.0 Å². The van der Waals surface area contributed by atoms with Crippen LogP contribution in [0.15, 0.2) is 11.6 Å². The number of fused-ring (bicyclic) bond motifs is 1. The van der Waals surface area contributed by atoms with Crippen LogP contribution in [0.1, 0.15) is 47.0 Å². The van der Waals surface area contributed by atoms with Gasteiger partial charge in [-0.05, 0) is 35.5 Å². The number of allylic oxidation sites excluding steroid dienone is 2. The topological polar surface area (TPSA) is 37.3 Å². The van der Waals surface area contributed by atoms with Crippen LogP contribution in [0.25, 0.3) is 0 Å². The molecule has 0 amide bonds. The van der Waals surface area contributed by atoms with Gasteiger partial charge < -0.3 is 5.11 Å². The molecule has 1 N–H and O–H groups in total. The Hall–Kier alpha value is -0.790. The zero-order valence-electron chi connectivity index (χ0n) is 10.7. The molecule has 0 heterocycles. The first-order valence-corrected chi connectivity index (χ1v) is 6.17. The number of rotatable bonds is 3. The third-order valence-corrected chi connectivity index (χ3v) is 4.84. The second kappa shape index (κ2) is 3.35. The summed E-state index contributed by atoms with van der Waals surface area (Å²) in [5.74, 6) is 0.743. The van der Waals surface area contributed by atoms with E-state index >= 15 is 0 Å². The third-order valence-electron chi connectivity index (χ3n) is 4.84. The van der Waals surface area contributed by atoms with E-state index in [-0.39, 0.29) is 11.8 Å². The molecule has 1 saturated carbocycles. The molecule has 3 rings (SSSR count). The molecule has 0 aromatic heterocycles. The molecule has 2 unspecified atom stereocenters.